The van der Waals surface area contributed by atoms with E-state index in [0.717, 1.165) is 0 Å². The standard InChI is InChI=1S/C19H16O8S/c1-24-15-9-11(7-8-13(15)18(20)25-2)26-19(21)16-10-17(28(22)23)12-5-3-4-6-14(12)27-16/h3-10,16H,1-2H3,(H,22,23). The SMILES string of the molecule is COC(=O)c1ccc(OC(=O)C2C=C(S(=O)O)c3ccccc3O2)cc1OC. The maximum Gasteiger partial charge on any atom is 0.356 e. The molecule has 2 aromatic rings. The molecule has 2 atom stereocenters. The molecule has 2 aromatic carbocycles. The number of benzene rings is 2. The van der Waals surface area contributed by atoms with Crippen LogP contribution < -0.4 is 14.2 Å². The van der Waals surface area contributed by atoms with Crippen molar-refractivity contribution in [1.82, 2.24) is 0 Å². The smallest absolute Gasteiger partial charge is 0.356 e. The van der Waals surface area contributed by atoms with E-state index in [-0.39, 0.29) is 22.0 Å². The second-order valence-electron chi connectivity index (χ2n) is 5.59. The number of fused-ring (bicyclic) bond motifs is 1. The van der Waals surface area contributed by atoms with E-state index < -0.39 is 29.1 Å². The molecule has 8 nitrogen and oxygen atoms in total. The number of rotatable bonds is 5. The molecule has 1 heterocycles. The van der Waals surface area contributed by atoms with Crippen molar-refractivity contribution < 1.29 is 37.3 Å². The van der Waals surface area contributed by atoms with Gasteiger partial charge < -0.3 is 23.5 Å². The van der Waals surface area contributed by atoms with Gasteiger partial charge in [0, 0.05) is 11.6 Å². The average Bonchev–Trinajstić information content (AvgIpc) is 2.71. The van der Waals surface area contributed by atoms with Crippen molar-refractivity contribution in [2.45, 2.75) is 6.10 Å². The largest absolute Gasteiger partial charge is 0.496 e. The highest BCUT2D eigenvalue weighted by Crippen LogP contribution is 2.34. The summed E-state index contributed by atoms with van der Waals surface area (Å²) < 4.78 is 41.8. The number of carbonyl (C=O) groups excluding carboxylic acids is 2. The summed E-state index contributed by atoms with van der Waals surface area (Å²) in [4.78, 5) is 24.3. The fourth-order valence-electron chi connectivity index (χ4n) is 2.63. The van der Waals surface area contributed by atoms with Crippen LogP contribution in [0.4, 0.5) is 0 Å². The van der Waals surface area contributed by atoms with Gasteiger partial charge in [0.2, 0.25) is 6.10 Å². The highest BCUT2D eigenvalue weighted by molar-refractivity contribution is 7.89. The fraction of sp³-hybridized carbons (Fsp3) is 0.158. The molecule has 0 fully saturated rings. The molecule has 0 saturated carbocycles. The Morgan fingerprint density at radius 2 is 1.89 bits per heavy atom. The lowest BCUT2D eigenvalue weighted by atomic mass is 10.1. The molecular formula is C19H16O8S. The summed E-state index contributed by atoms with van der Waals surface area (Å²) >= 11 is -2.31. The van der Waals surface area contributed by atoms with E-state index in [1.165, 1.54) is 38.5 Å². The number of esters is 2. The third-order valence-electron chi connectivity index (χ3n) is 3.93. The summed E-state index contributed by atoms with van der Waals surface area (Å²) in [5, 5.41) is 0. The van der Waals surface area contributed by atoms with Crippen molar-refractivity contribution in [3.05, 3.63) is 59.7 Å². The van der Waals surface area contributed by atoms with Gasteiger partial charge in [-0.1, -0.05) is 12.1 Å². The number of para-hydroxylation sites is 1. The van der Waals surface area contributed by atoms with Gasteiger partial charge in [-0.2, -0.15) is 0 Å². The Morgan fingerprint density at radius 1 is 1.14 bits per heavy atom. The molecule has 1 N–H and O–H groups in total. The minimum atomic E-state index is -2.31. The van der Waals surface area contributed by atoms with Crippen LogP contribution in [0.1, 0.15) is 15.9 Å². The van der Waals surface area contributed by atoms with Crippen LogP contribution in [0.2, 0.25) is 0 Å². The molecule has 1 aliphatic heterocycles. The number of hydrogen-bond donors (Lipinski definition) is 1. The van der Waals surface area contributed by atoms with Crippen LogP contribution in [0, 0.1) is 0 Å². The number of ether oxygens (including phenoxy) is 4. The van der Waals surface area contributed by atoms with E-state index in [2.05, 4.69) is 4.74 Å². The van der Waals surface area contributed by atoms with Gasteiger partial charge in [0.1, 0.15) is 22.8 Å². The summed E-state index contributed by atoms with van der Waals surface area (Å²) in [5.41, 5.74) is 0.599. The molecule has 3 rings (SSSR count). The van der Waals surface area contributed by atoms with Gasteiger partial charge in [-0.15, -0.1) is 0 Å². The van der Waals surface area contributed by atoms with Gasteiger partial charge in [0.05, 0.1) is 19.1 Å². The molecule has 0 spiro atoms. The van der Waals surface area contributed by atoms with Crippen molar-refractivity contribution in [2.75, 3.05) is 14.2 Å². The first-order chi connectivity index (χ1) is 13.4. The lowest BCUT2D eigenvalue weighted by molar-refractivity contribution is -0.140. The monoisotopic (exact) mass is 404 g/mol. The van der Waals surface area contributed by atoms with E-state index in [0.29, 0.717) is 11.3 Å². The van der Waals surface area contributed by atoms with E-state index in [1.807, 2.05) is 0 Å². The van der Waals surface area contributed by atoms with Crippen molar-refractivity contribution in [3.63, 3.8) is 0 Å². The van der Waals surface area contributed by atoms with Gasteiger partial charge in [0.15, 0.2) is 11.1 Å². The molecule has 0 saturated heterocycles. The summed E-state index contributed by atoms with van der Waals surface area (Å²) in [7, 11) is 2.60. The van der Waals surface area contributed by atoms with Gasteiger partial charge in [-0.25, -0.2) is 13.8 Å². The van der Waals surface area contributed by atoms with Crippen molar-refractivity contribution >= 4 is 27.9 Å². The second-order valence-corrected chi connectivity index (χ2v) is 6.53. The molecule has 28 heavy (non-hydrogen) atoms. The van der Waals surface area contributed by atoms with Crippen LogP contribution in [-0.4, -0.2) is 41.0 Å². The number of methoxy groups -OCH3 is 2. The maximum atomic E-state index is 12.5. The molecule has 2 unspecified atom stereocenters. The van der Waals surface area contributed by atoms with Gasteiger partial charge in [0.25, 0.3) is 0 Å². The predicted octanol–water partition coefficient (Wildman–Crippen LogP) is 2.41. The fourth-order valence-corrected chi connectivity index (χ4v) is 3.22. The number of hydrogen-bond acceptors (Lipinski definition) is 7. The van der Waals surface area contributed by atoms with Crippen molar-refractivity contribution in [2.24, 2.45) is 0 Å². The molecule has 1 aliphatic rings. The molecule has 0 aliphatic carbocycles. The Labute approximate surface area is 163 Å². The summed E-state index contributed by atoms with van der Waals surface area (Å²) in [5.74, 6) is -0.829. The Balaban J connectivity index is 1.85. The third kappa shape index (κ3) is 3.90. The summed E-state index contributed by atoms with van der Waals surface area (Å²) in [6.07, 6.45) is 0.0214. The molecule has 0 aromatic heterocycles. The average molecular weight is 404 g/mol. The van der Waals surface area contributed by atoms with Crippen molar-refractivity contribution in [1.29, 1.82) is 0 Å². The Morgan fingerprint density at radius 3 is 2.57 bits per heavy atom. The minimum Gasteiger partial charge on any atom is -0.496 e. The molecule has 9 heteroatoms. The van der Waals surface area contributed by atoms with Gasteiger partial charge in [-0.3, -0.25) is 0 Å². The van der Waals surface area contributed by atoms with Gasteiger partial charge in [-0.05, 0) is 30.3 Å². The quantitative estimate of drug-likeness (QED) is 0.460. The van der Waals surface area contributed by atoms with Crippen LogP contribution in [0.3, 0.4) is 0 Å². The van der Waals surface area contributed by atoms with Crippen molar-refractivity contribution in [3.8, 4) is 17.2 Å². The lowest BCUT2D eigenvalue weighted by Crippen LogP contribution is -2.32. The minimum absolute atomic E-state index is 0.0578. The molecular weight excluding hydrogens is 388 g/mol. The Bertz CT molecular complexity index is 982. The van der Waals surface area contributed by atoms with E-state index in [4.69, 9.17) is 14.2 Å². The van der Waals surface area contributed by atoms with Crippen LogP contribution in [0.15, 0.2) is 48.5 Å². The first-order valence-corrected chi connectivity index (χ1v) is 9.12. The Kier molecular flexibility index (Phi) is 5.76. The van der Waals surface area contributed by atoms with Crippen LogP contribution >= 0.6 is 0 Å². The zero-order valence-corrected chi connectivity index (χ0v) is 15.7. The maximum absolute atomic E-state index is 12.5. The normalized spacial score (nSPS) is 16.1. The first-order valence-electron chi connectivity index (χ1n) is 8.01. The zero-order chi connectivity index (χ0) is 20.3. The molecule has 146 valence electrons. The highest BCUT2D eigenvalue weighted by atomic mass is 32.2. The zero-order valence-electron chi connectivity index (χ0n) is 14.9. The molecule has 0 radical (unpaired) electrons. The second kappa shape index (κ2) is 8.24. The van der Waals surface area contributed by atoms with Crippen LogP contribution in [0.5, 0.6) is 17.2 Å². The molecule has 0 bridgehead atoms. The van der Waals surface area contributed by atoms with E-state index in [1.54, 1.807) is 24.3 Å². The van der Waals surface area contributed by atoms with E-state index >= 15 is 0 Å². The molecule has 0 amide bonds. The lowest BCUT2D eigenvalue weighted by Gasteiger charge is -2.22. The summed E-state index contributed by atoms with van der Waals surface area (Å²) in [6, 6.07) is 10.7. The van der Waals surface area contributed by atoms with Gasteiger partial charge >= 0.3 is 11.9 Å². The number of carbonyl (C=O) groups is 2. The highest BCUT2D eigenvalue weighted by Gasteiger charge is 2.30. The first kappa shape index (κ1) is 19.6. The van der Waals surface area contributed by atoms with E-state index in [9.17, 15) is 18.4 Å². The van der Waals surface area contributed by atoms with Crippen LogP contribution in [-0.2, 0) is 20.6 Å². The van der Waals surface area contributed by atoms with Crippen LogP contribution in [0.25, 0.3) is 4.91 Å². The summed E-state index contributed by atoms with van der Waals surface area (Å²) in [6.45, 7) is 0. The third-order valence-corrected chi connectivity index (χ3v) is 4.66. The Hall–Kier alpha value is -3.17. The predicted molar refractivity (Wildman–Crippen MR) is 99.6 cm³/mol. The topological polar surface area (TPSA) is 108 Å².